The standard InChI is InChI=1S/C15H18N2O/c1-11-5-2-3-6-12(11)9-15-16-10-13-14(18)7-4-8-17(13)15/h2-3,5-6,10,14,18H,4,7-9H2,1H3. The van der Waals surface area contributed by atoms with E-state index in [1.165, 1.54) is 11.1 Å². The third-order valence-corrected chi connectivity index (χ3v) is 3.78. The van der Waals surface area contributed by atoms with Crippen LogP contribution in [0.2, 0.25) is 0 Å². The summed E-state index contributed by atoms with van der Waals surface area (Å²) in [6.07, 6.45) is 4.23. The number of imidazole rings is 1. The Balaban J connectivity index is 1.92. The average molecular weight is 242 g/mol. The first-order valence-corrected chi connectivity index (χ1v) is 6.52. The van der Waals surface area contributed by atoms with Gasteiger partial charge in [-0.3, -0.25) is 0 Å². The molecule has 1 N–H and O–H groups in total. The highest BCUT2D eigenvalue weighted by atomic mass is 16.3. The molecule has 0 saturated carbocycles. The zero-order valence-electron chi connectivity index (χ0n) is 10.6. The maximum Gasteiger partial charge on any atom is 0.113 e. The van der Waals surface area contributed by atoms with Crippen LogP contribution >= 0.6 is 0 Å². The van der Waals surface area contributed by atoms with Crippen molar-refractivity contribution in [1.82, 2.24) is 9.55 Å². The summed E-state index contributed by atoms with van der Waals surface area (Å²) in [6, 6.07) is 8.40. The summed E-state index contributed by atoms with van der Waals surface area (Å²) in [4.78, 5) is 4.49. The molecule has 3 nitrogen and oxygen atoms in total. The summed E-state index contributed by atoms with van der Waals surface area (Å²) in [5, 5.41) is 9.93. The zero-order chi connectivity index (χ0) is 12.5. The largest absolute Gasteiger partial charge is 0.387 e. The lowest BCUT2D eigenvalue weighted by molar-refractivity contribution is 0.138. The Morgan fingerprint density at radius 3 is 3.06 bits per heavy atom. The van der Waals surface area contributed by atoms with Crippen LogP contribution in [-0.4, -0.2) is 14.7 Å². The van der Waals surface area contributed by atoms with E-state index in [1.807, 2.05) is 6.20 Å². The molecule has 0 bridgehead atoms. The smallest absolute Gasteiger partial charge is 0.113 e. The summed E-state index contributed by atoms with van der Waals surface area (Å²) < 4.78 is 2.18. The predicted octanol–water partition coefficient (Wildman–Crippen LogP) is 2.61. The van der Waals surface area contributed by atoms with Gasteiger partial charge < -0.3 is 9.67 Å². The first-order chi connectivity index (χ1) is 8.75. The normalized spacial score (nSPS) is 18.7. The molecule has 0 aliphatic carbocycles. The van der Waals surface area contributed by atoms with Crippen molar-refractivity contribution in [2.24, 2.45) is 0 Å². The highest BCUT2D eigenvalue weighted by Gasteiger charge is 2.21. The molecule has 2 heterocycles. The van der Waals surface area contributed by atoms with E-state index in [1.54, 1.807) is 0 Å². The minimum atomic E-state index is -0.336. The number of hydrogen-bond acceptors (Lipinski definition) is 2. The van der Waals surface area contributed by atoms with Gasteiger partial charge in [0.1, 0.15) is 5.82 Å². The minimum Gasteiger partial charge on any atom is -0.387 e. The number of rotatable bonds is 2. The second-order valence-electron chi connectivity index (χ2n) is 5.01. The zero-order valence-corrected chi connectivity index (χ0v) is 10.6. The van der Waals surface area contributed by atoms with Crippen LogP contribution < -0.4 is 0 Å². The number of aryl methyl sites for hydroxylation is 1. The fourth-order valence-electron chi connectivity index (χ4n) is 2.66. The number of hydrogen-bond donors (Lipinski definition) is 1. The summed E-state index contributed by atoms with van der Waals surface area (Å²) in [7, 11) is 0. The van der Waals surface area contributed by atoms with Crippen molar-refractivity contribution in [3.63, 3.8) is 0 Å². The fraction of sp³-hybridized carbons (Fsp3) is 0.400. The summed E-state index contributed by atoms with van der Waals surface area (Å²) >= 11 is 0. The highest BCUT2D eigenvalue weighted by Crippen LogP contribution is 2.26. The monoisotopic (exact) mass is 242 g/mol. The molecule has 0 spiro atoms. The van der Waals surface area contributed by atoms with E-state index >= 15 is 0 Å². The topological polar surface area (TPSA) is 38.0 Å². The van der Waals surface area contributed by atoms with Crippen LogP contribution in [0.3, 0.4) is 0 Å². The van der Waals surface area contributed by atoms with E-state index in [0.717, 1.165) is 37.3 Å². The molecular weight excluding hydrogens is 224 g/mol. The molecule has 0 amide bonds. The van der Waals surface area contributed by atoms with Gasteiger partial charge in [0.25, 0.3) is 0 Å². The molecule has 0 fully saturated rings. The fourth-order valence-corrected chi connectivity index (χ4v) is 2.66. The van der Waals surface area contributed by atoms with Crippen molar-refractivity contribution in [2.75, 3.05) is 0 Å². The molecule has 2 aromatic rings. The van der Waals surface area contributed by atoms with Crippen molar-refractivity contribution in [3.8, 4) is 0 Å². The van der Waals surface area contributed by atoms with E-state index in [4.69, 9.17) is 0 Å². The van der Waals surface area contributed by atoms with Crippen LogP contribution in [0.25, 0.3) is 0 Å². The van der Waals surface area contributed by atoms with Gasteiger partial charge in [-0.1, -0.05) is 24.3 Å². The van der Waals surface area contributed by atoms with Crippen LogP contribution in [0, 0.1) is 6.92 Å². The van der Waals surface area contributed by atoms with Gasteiger partial charge in [-0.15, -0.1) is 0 Å². The molecule has 1 aliphatic rings. The Bertz CT molecular complexity index is 559. The Morgan fingerprint density at radius 2 is 2.22 bits per heavy atom. The van der Waals surface area contributed by atoms with Gasteiger partial charge in [0.05, 0.1) is 18.0 Å². The van der Waals surface area contributed by atoms with Crippen molar-refractivity contribution in [1.29, 1.82) is 0 Å². The van der Waals surface area contributed by atoms with Crippen molar-refractivity contribution in [2.45, 2.75) is 38.8 Å². The van der Waals surface area contributed by atoms with Gasteiger partial charge in [0.2, 0.25) is 0 Å². The van der Waals surface area contributed by atoms with Gasteiger partial charge >= 0.3 is 0 Å². The van der Waals surface area contributed by atoms with Crippen LogP contribution in [0.1, 0.15) is 41.6 Å². The molecule has 0 radical (unpaired) electrons. The van der Waals surface area contributed by atoms with Gasteiger partial charge in [0, 0.05) is 13.0 Å². The highest BCUT2D eigenvalue weighted by molar-refractivity contribution is 5.29. The van der Waals surface area contributed by atoms with Gasteiger partial charge in [-0.2, -0.15) is 0 Å². The van der Waals surface area contributed by atoms with E-state index in [9.17, 15) is 5.11 Å². The molecule has 1 unspecified atom stereocenters. The van der Waals surface area contributed by atoms with E-state index < -0.39 is 0 Å². The van der Waals surface area contributed by atoms with E-state index in [2.05, 4.69) is 40.7 Å². The lowest BCUT2D eigenvalue weighted by atomic mass is 10.0. The first kappa shape index (κ1) is 11.5. The van der Waals surface area contributed by atoms with Crippen LogP contribution in [0.4, 0.5) is 0 Å². The van der Waals surface area contributed by atoms with Gasteiger partial charge in [-0.05, 0) is 30.9 Å². The summed E-state index contributed by atoms with van der Waals surface area (Å²) in [6.45, 7) is 3.11. The number of fused-ring (bicyclic) bond motifs is 1. The van der Waals surface area contributed by atoms with Gasteiger partial charge in [0.15, 0.2) is 0 Å². The molecular formula is C15H18N2O. The quantitative estimate of drug-likeness (QED) is 0.879. The molecule has 0 saturated heterocycles. The first-order valence-electron chi connectivity index (χ1n) is 6.52. The molecule has 1 aromatic carbocycles. The Morgan fingerprint density at radius 1 is 1.39 bits per heavy atom. The summed E-state index contributed by atoms with van der Waals surface area (Å²) in [5.74, 6) is 1.07. The number of aliphatic hydroxyl groups excluding tert-OH is 1. The maximum atomic E-state index is 9.93. The second kappa shape index (κ2) is 4.58. The van der Waals surface area contributed by atoms with E-state index in [-0.39, 0.29) is 6.10 Å². The number of aromatic nitrogens is 2. The molecule has 94 valence electrons. The third kappa shape index (κ3) is 1.95. The molecule has 1 atom stereocenters. The van der Waals surface area contributed by atoms with Gasteiger partial charge in [-0.25, -0.2) is 4.98 Å². The number of benzene rings is 1. The Kier molecular flexibility index (Phi) is 2.92. The van der Waals surface area contributed by atoms with Crippen molar-refractivity contribution >= 4 is 0 Å². The maximum absolute atomic E-state index is 9.93. The SMILES string of the molecule is Cc1ccccc1Cc1ncc2n1CCCC2O. The van der Waals surface area contributed by atoms with E-state index in [0.29, 0.717) is 0 Å². The number of nitrogens with zero attached hydrogens (tertiary/aromatic N) is 2. The Hall–Kier alpha value is -1.61. The Labute approximate surface area is 107 Å². The second-order valence-corrected chi connectivity index (χ2v) is 5.01. The van der Waals surface area contributed by atoms with Crippen LogP contribution in [-0.2, 0) is 13.0 Å². The molecule has 1 aliphatic heterocycles. The van der Waals surface area contributed by atoms with Crippen molar-refractivity contribution < 1.29 is 5.11 Å². The minimum absolute atomic E-state index is 0.336. The summed E-state index contributed by atoms with van der Waals surface area (Å²) in [5.41, 5.74) is 3.59. The average Bonchev–Trinajstić information content (AvgIpc) is 2.77. The number of aliphatic hydroxyl groups is 1. The predicted molar refractivity (Wildman–Crippen MR) is 70.4 cm³/mol. The van der Waals surface area contributed by atoms with Crippen LogP contribution in [0.15, 0.2) is 30.5 Å². The molecule has 1 aromatic heterocycles. The molecule has 18 heavy (non-hydrogen) atoms. The molecule has 3 heteroatoms. The van der Waals surface area contributed by atoms with Crippen molar-refractivity contribution in [3.05, 3.63) is 53.1 Å². The molecule has 3 rings (SSSR count). The third-order valence-electron chi connectivity index (χ3n) is 3.78. The van der Waals surface area contributed by atoms with Crippen LogP contribution in [0.5, 0.6) is 0 Å². The lowest BCUT2D eigenvalue weighted by Gasteiger charge is -2.21. The lowest BCUT2D eigenvalue weighted by Crippen LogP contribution is -2.17.